The first-order valence-electron chi connectivity index (χ1n) is 5.35. The van der Waals surface area contributed by atoms with E-state index in [1.807, 2.05) is 12.1 Å². The number of hydrogen-bond acceptors (Lipinski definition) is 2. The quantitative estimate of drug-likeness (QED) is 0.806. The molecule has 0 saturated carbocycles. The van der Waals surface area contributed by atoms with Crippen molar-refractivity contribution in [3.8, 4) is 5.75 Å². The van der Waals surface area contributed by atoms with Gasteiger partial charge in [-0.15, -0.1) is 0 Å². The van der Waals surface area contributed by atoms with E-state index in [1.54, 1.807) is 7.11 Å². The maximum Gasteiger partial charge on any atom is 0.123 e. The minimum Gasteiger partial charge on any atom is -0.497 e. The van der Waals surface area contributed by atoms with Crippen LogP contribution < -0.4 is 4.74 Å². The molecule has 1 aromatic heterocycles. The fraction of sp³-hybridized carbons (Fsp3) is 0.417. The second-order valence-corrected chi connectivity index (χ2v) is 5.06. The molecule has 0 N–H and O–H groups in total. The van der Waals surface area contributed by atoms with Gasteiger partial charge in [0.05, 0.1) is 23.0 Å². The molecule has 1 aromatic carbocycles. The summed E-state index contributed by atoms with van der Waals surface area (Å²) in [5, 5.41) is 0. The second kappa shape index (κ2) is 4.45. The molecule has 0 aliphatic carbocycles. The van der Waals surface area contributed by atoms with Crippen molar-refractivity contribution < 1.29 is 4.74 Å². The van der Waals surface area contributed by atoms with Gasteiger partial charge in [0.1, 0.15) is 11.6 Å². The van der Waals surface area contributed by atoms with Crippen LogP contribution in [0.25, 0.3) is 11.0 Å². The lowest BCUT2D eigenvalue weighted by atomic mass is 10.3. The van der Waals surface area contributed by atoms with E-state index in [0.29, 0.717) is 0 Å². The van der Waals surface area contributed by atoms with Gasteiger partial charge in [0.25, 0.3) is 0 Å². The minimum atomic E-state index is 0.255. The molecule has 0 amide bonds. The van der Waals surface area contributed by atoms with Gasteiger partial charge in [-0.2, -0.15) is 0 Å². The number of aryl methyl sites for hydroxylation is 1. The van der Waals surface area contributed by atoms with Gasteiger partial charge < -0.3 is 9.30 Å². The molecule has 0 saturated heterocycles. The van der Waals surface area contributed by atoms with E-state index in [2.05, 4.69) is 45.4 Å². The molecule has 0 aliphatic rings. The van der Waals surface area contributed by atoms with Crippen molar-refractivity contribution in [2.45, 2.75) is 25.2 Å². The van der Waals surface area contributed by atoms with E-state index in [-0.39, 0.29) is 4.83 Å². The normalized spacial score (nSPS) is 13.0. The number of hydrogen-bond donors (Lipinski definition) is 0. The van der Waals surface area contributed by atoms with Crippen LogP contribution in [-0.2, 0) is 6.54 Å². The Labute approximate surface area is 104 Å². The predicted molar refractivity (Wildman–Crippen MR) is 69.3 cm³/mol. The van der Waals surface area contributed by atoms with E-state index < -0.39 is 0 Å². The summed E-state index contributed by atoms with van der Waals surface area (Å²) in [6, 6.07) is 6.00. The highest BCUT2D eigenvalue weighted by Crippen LogP contribution is 2.27. The molecule has 2 rings (SSSR count). The van der Waals surface area contributed by atoms with Gasteiger partial charge in [0, 0.05) is 12.6 Å². The third-order valence-corrected chi connectivity index (χ3v) is 3.07. The maximum atomic E-state index is 5.20. The molecule has 1 heterocycles. The Kier molecular flexibility index (Phi) is 3.19. The Bertz CT molecular complexity index is 505. The van der Waals surface area contributed by atoms with Crippen molar-refractivity contribution in [1.82, 2.24) is 9.55 Å². The van der Waals surface area contributed by atoms with Crippen LogP contribution in [0, 0.1) is 0 Å². The molecular weight excluding hydrogens is 268 g/mol. The zero-order valence-corrected chi connectivity index (χ0v) is 11.3. The summed E-state index contributed by atoms with van der Waals surface area (Å²) in [5.41, 5.74) is 2.15. The molecule has 0 spiro atoms. The molecule has 0 fully saturated rings. The van der Waals surface area contributed by atoms with Crippen molar-refractivity contribution in [2.75, 3.05) is 7.11 Å². The summed E-state index contributed by atoms with van der Waals surface area (Å²) >= 11 is 3.57. The van der Waals surface area contributed by atoms with Crippen molar-refractivity contribution in [3.05, 3.63) is 24.0 Å². The number of halogens is 1. The summed E-state index contributed by atoms with van der Waals surface area (Å²) in [6.45, 7) is 5.14. The third-order valence-electron chi connectivity index (χ3n) is 2.66. The van der Waals surface area contributed by atoms with Gasteiger partial charge >= 0.3 is 0 Å². The van der Waals surface area contributed by atoms with Gasteiger partial charge in [0.2, 0.25) is 0 Å². The van der Waals surface area contributed by atoms with Gasteiger partial charge in [-0.05, 0) is 26.0 Å². The molecule has 0 radical (unpaired) electrons. The number of nitrogens with zero attached hydrogens (tertiary/aromatic N) is 2. The van der Waals surface area contributed by atoms with Crippen molar-refractivity contribution in [1.29, 1.82) is 0 Å². The number of rotatable bonds is 3. The average Bonchev–Trinajstić information content (AvgIpc) is 2.66. The molecule has 1 unspecified atom stereocenters. The van der Waals surface area contributed by atoms with Crippen LogP contribution in [0.15, 0.2) is 18.2 Å². The highest BCUT2D eigenvalue weighted by Gasteiger charge is 2.13. The molecule has 0 aliphatic heterocycles. The van der Waals surface area contributed by atoms with Gasteiger partial charge in [0.15, 0.2) is 0 Å². The largest absolute Gasteiger partial charge is 0.497 e. The number of aromatic nitrogens is 2. The van der Waals surface area contributed by atoms with Crippen molar-refractivity contribution in [2.24, 2.45) is 0 Å². The second-order valence-electron chi connectivity index (χ2n) is 3.68. The van der Waals surface area contributed by atoms with Crippen molar-refractivity contribution in [3.63, 3.8) is 0 Å². The lowest BCUT2D eigenvalue weighted by Gasteiger charge is -2.07. The topological polar surface area (TPSA) is 27.1 Å². The minimum absolute atomic E-state index is 0.255. The molecule has 86 valence electrons. The summed E-state index contributed by atoms with van der Waals surface area (Å²) in [5.74, 6) is 1.91. The Hall–Kier alpha value is -1.03. The van der Waals surface area contributed by atoms with Crippen LogP contribution in [0.2, 0.25) is 0 Å². The Balaban J connectivity index is 2.66. The molecule has 2 aromatic rings. The van der Waals surface area contributed by atoms with E-state index in [4.69, 9.17) is 4.74 Å². The number of imidazole rings is 1. The van der Waals surface area contributed by atoms with Gasteiger partial charge in [-0.25, -0.2) is 4.98 Å². The van der Waals surface area contributed by atoms with Gasteiger partial charge in [-0.1, -0.05) is 15.9 Å². The first-order chi connectivity index (χ1) is 7.67. The van der Waals surface area contributed by atoms with Crippen LogP contribution in [0.1, 0.15) is 24.5 Å². The number of methoxy groups -OCH3 is 1. The highest BCUT2D eigenvalue weighted by molar-refractivity contribution is 9.09. The number of fused-ring (bicyclic) bond motifs is 1. The number of alkyl halides is 1. The molecule has 4 heteroatoms. The van der Waals surface area contributed by atoms with E-state index >= 15 is 0 Å². The summed E-state index contributed by atoms with van der Waals surface area (Å²) in [4.78, 5) is 4.88. The lowest BCUT2D eigenvalue weighted by molar-refractivity contribution is 0.415. The summed E-state index contributed by atoms with van der Waals surface area (Å²) < 4.78 is 7.42. The zero-order valence-electron chi connectivity index (χ0n) is 9.70. The molecule has 0 bridgehead atoms. The predicted octanol–water partition coefficient (Wildman–Crippen LogP) is 3.52. The van der Waals surface area contributed by atoms with E-state index in [0.717, 1.165) is 29.2 Å². The summed E-state index contributed by atoms with van der Waals surface area (Å²) in [7, 11) is 1.67. The first-order valence-corrected chi connectivity index (χ1v) is 6.27. The van der Waals surface area contributed by atoms with Gasteiger partial charge in [-0.3, -0.25) is 0 Å². The average molecular weight is 283 g/mol. The molecular formula is C12H15BrN2O. The highest BCUT2D eigenvalue weighted by atomic mass is 79.9. The zero-order chi connectivity index (χ0) is 11.7. The fourth-order valence-corrected chi connectivity index (χ4v) is 2.24. The fourth-order valence-electron chi connectivity index (χ4n) is 1.89. The van der Waals surface area contributed by atoms with Crippen LogP contribution in [0.3, 0.4) is 0 Å². The smallest absolute Gasteiger partial charge is 0.123 e. The summed E-state index contributed by atoms with van der Waals surface area (Å²) in [6.07, 6.45) is 0. The van der Waals surface area contributed by atoms with E-state index in [1.165, 1.54) is 0 Å². The SMILES string of the molecule is CCn1c(C(C)Br)nc2cc(OC)ccc21. The number of ether oxygens (including phenoxy) is 1. The monoisotopic (exact) mass is 282 g/mol. The first kappa shape index (κ1) is 11.5. The molecule has 16 heavy (non-hydrogen) atoms. The Morgan fingerprint density at radius 1 is 1.50 bits per heavy atom. The standard InChI is InChI=1S/C12H15BrN2O/c1-4-15-11-6-5-9(16-3)7-10(11)14-12(15)8(2)13/h5-8H,4H2,1-3H3. The third kappa shape index (κ3) is 1.82. The van der Waals surface area contributed by atoms with E-state index in [9.17, 15) is 0 Å². The maximum absolute atomic E-state index is 5.20. The Morgan fingerprint density at radius 2 is 2.25 bits per heavy atom. The van der Waals surface area contributed by atoms with Crippen LogP contribution in [-0.4, -0.2) is 16.7 Å². The molecule has 3 nitrogen and oxygen atoms in total. The van der Waals surface area contributed by atoms with Crippen LogP contribution in [0.4, 0.5) is 0 Å². The van der Waals surface area contributed by atoms with Crippen LogP contribution >= 0.6 is 15.9 Å². The molecule has 1 atom stereocenters. The Morgan fingerprint density at radius 3 is 2.81 bits per heavy atom. The van der Waals surface area contributed by atoms with Crippen molar-refractivity contribution >= 4 is 27.0 Å². The number of benzene rings is 1. The lowest BCUT2D eigenvalue weighted by Crippen LogP contribution is -2.01. The van der Waals surface area contributed by atoms with Crippen LogP contribution in [0.5, 0.6) is 5.75 Å².